The molecule has 0 spiro atoms. The minimum Gasteiger partial charge on any atom is -0.506 e. The van der Waals surface area contributed by atoms with Crippen LogP contribution in [0.3, 0.4) is 0 Å². The summed E-state index contributed by atoms with van der Waals surface area (Å²) in [6.07, 6.45) is 2.60. The lowest BCUT2D eigenvalue weighted by Crippen LogP contribution is -2.28. The molecule has 0 atom stereocenters. The Morgan fingerprint density at radius 1 is 1.16 bits per heavy atom. The number of nitrogens with zero attached hydrogens (tertiary/aromatic N) is 2. The van der Waals surface area contributed by atoms with Crippen molar-refractivity contribution in [3.05, 3.63) is 58.6 Å². The number of phenols is 1. The molecule has 1 aliphatic rings. The highest BCUT2D eigenvalue weighted by Gasteiger charge is 2.28. The van der Waals surface area contributed by atoms with Gasteiger partial charge in [-0.25, -0.2) is 13.4 Å². The van der Waals surface area contributed by atoms with Gasteiger partial charge < -0.3 is 10.4 Å². The van der Waals surface area contributed by atoms with Crippen molar-refractivity contribution in [2.24, 2.45) is 0 Å². The molecule has 9 heteroatoms. The maximum atomic E-state index is 12.9. The number of phenolic OH excluding ortho intramolecular Hbond substituents is 1. The summed E-state index contributed by atoms with van der Waals surface area (Å²) in [5, 5.41) is 13.6. The Labute approximate surface area is 191 Å². The number of aromatic nitrogens is 1. The number of anilines is 1. The van der Waals surface area contributed by atoms with Gasteiger partial charge in [-0.3, -0.25) is 4.79 Å². The Bertz CT molecular complexity index is 1240. The second kappa shape index (κ2) is 9.01. The van der Waals surface area contributed by atoms with E-state index >= 15 is 0 Å². The van der Waals surface area contributed by atoms with Gasteiger partial charge in [0.25, 0.3) is 5.91 Å². The summed E-state index contributed by atoms with van der Waals surface area (Å²) in [6, 6.07) is 12.0. The summed E-state index contributed by atoms with van der Waals surface area (Å²) in [6.45, 7) is 4.80. The third-order valence-electron chi connectivity index (χ3n) is 5.53. The van der Waals surface area contributed by atoms with Crippen LogP contribution in [0, 0.1) is 6.92 Å². The monoisotopic (exact) mass is 471 g/mol. The Balaban J connectivity index is 1.58. The number of nitrogens with one attached hydrogen (secondary N) is 1. The summed E-state index contributed by atoms with van der Waals surface area (Å²) in [5.41, 5.74) is 2.77. The molecule has 1 fully saturated rings. The molecule has 0 aliphatic carbocycles. The molecular weight excluding hydrogens is 446 g/mol. The highest BCUT2D eigenvalue weighted by atomic mass is 32.2. The number of amides is 1. The van der Waals surface area contributed by atoms with Crippen LogP contribution >= 0.6 is 11.3 Å². The van der Waals surface area contributed by atoms with E-state index in [0.29, 0.717) is 23.7 Å². The molecule has 1 aromatic heterocycles. The van der Waals surface area contributed by atoms with Crippen molar-refractivity contribution in [1.29, 1.82) is 0 Å². The van der Waals surface area contributed by atoms with Crippen molar-refractivity contribution in [3.63, 3.8) is 0 Å². The number of aryl methyl sites for hydroxylation is 2. The molecule has 2 aromatic carbocycles. The second-order valence-corrected chi connectivity index (χ2v) is 10.7. The lowest BCUT2D eigenvalue weighted by Gasteiger charge is -2.16. The molecule has 32 heavy (non-hydrogen) atoms. The van der Waals surface area contributed by atoms with E-state index in [1.807, 2.05) is 24.3 Å². The molecule has 0 saturated carbocycles. The van der Waals surface area contributed by atoms with Crippen molar-refractivity contribution < 1.29 is 18.3 Å². The minimum absolute atomic E-state index is 0.0465. The van der Waals surface area contributed by atoms with Crippen molar-refractivity contribution in [2.75, 3.05) is 18.4 Å². The van der Waals surface area contributed by atoms with Gasteiger partial charge in [0, 0.05) is 18.7 Å². The van der Waals surface area contributed by atoms with Crippen molar-refractivity contribution in [1.82, 2.24) is 9.29 Å². The number of sulfonamides is 1. The Morgan fingerprint density at radius 2 is 1.84 bits per heavy atom. The highest BCUT2D eigenvalue weighted by Crippen LogP contribution is 2.32. The van der Waals surface area contributed by atoms with E-state index in [9.17, 15) is 18.3 Å². The molecule has 2 heterocycles. The standard InChI is InChI=1S/C23H25N3O4S2/c1-3-16-6-8-17(9-7-16)23-24-15(2)21(31-23)22(28)25-19-14-18(10-11-20(19)27)32(29,30)26-12-4-5-13-26/h6-11,14,27H,3-5,12-13H2,1-2H3,(H,25,28). The van der Waals surface area contributed by atoms with E-state index < -0.39 is 15.9 Å². The fourth-order valence-corrected chi connectivity index (χ4v) is 6.16. The Kier molecular flexibility index (Phi) is 6.32. The van der Waals surface area contributed by atoms with Gasteiger partial charge in [0.05, 0.1) is 16.3 Å². The van der Waals surface area contributed by atoms with Crippen LogP contribution in [0.25, 0.3) is 10.6 Å². The molecular formula is C23H25N3O4S2. The van der Waals surface area contributed by atoms with Crippen LogP contribution in [0.2, 0.25) is 0 Å². The van der Waals surface area contributed by atoms with E-state index in [1.54, 1.807) is 6.92 Å². The van der Waals surface area contributed by atoms with Crippen LogP contribution in [-0.4, -0.2) is 41.8 Å². The second-order valence-electron chi connectivity index (χ2n) is 7.73. The van der Waals surface area contributed by atoms with Crippen LogP contribution in [0.4, 0.5) is 5.69 Å². The summed E-state index contributed by atoms with van der Waals surface area (Å²) in [7, 11) is -3.66. The molecule has 168 valence electrons. The van der Waals surface area contributed by atoms with E-state index in [2.05, 4.69) is 17.2 Å². The predicted molar refractivity (Wildman–Crippen MR) is 126 cm³/mol. The van der Waals surface area contributed by atoms with Gasteiger partial charge in [0.2, 0.25) is 10.0 Å². The van der Waals surface area contributed by atoms with Gasteiger partial charge >= 0.3 is 0 Å². The first-order valence-corrected chi connectivity index (χ1v) is 12.8. The van der Waals surface area contributed by atoms with Crippen molar-refractivity contribution in [2.45, 2.75) is 38.0 Å². The molecule has 1 amide bonds. The molecule has 4 rings (SSSR count). The van der Waals surface area contributed by atoms with Gasteiger partial charge in [-0.2, -0.15) is 4.31 Å². The molecule has 0 radical (unpaired) electrons. The van der Waals surface area contributed by atoms with Gasteiger partial charge in [0.1, 0.15) is 15.6 Å². The molecule has 0 bridgehead atoms. The molecule has 7 nitrogen and oxygen atoms in total. The van der Waals surface area contributed by atoms with Crippen molar-refractivity contribution in [3.8, 4) is 16.3 Å². The lowest BCUT2D eigenvalue weighted by atomic mass is 10.1. The fraction of sp³-hybridized carbons (Fsp3) is 0.304. The zero-order chi connectivity index (χ0) is 22.9. The summed E-state index contributed by atoms with van der Waals surface area (Å²) < 4.78 is 27.1. The first-order valence-electron chi connectivity index (χ1n) is 10.5. The number of thiazole rings is 1. The number of hydrogen-bond donors (Lipinski definition) is 2. The fourth-order valence-electron chi connectivity index (χ4n) is 3.65. The maximum Gasteiger partial charge on any atom is 0.267 e. The Hall–Kier alpha value is -2.75. The van der Waals surface area contributed by atoms with Gasteiger partial charge in [-0.1, -0.05) is 31.2 Å². The number of carbonyl (C=O) groups excluding carboxylic acids is 1. The maximum absolute atomic E-state index is 12.9. The topological polar surface area (TPSA) is 99.6 Å². The van der Waals surface area contributed by atoms with Gasteiger partial charge in [-0.15, -0.1) is 11.3 Å². The first-order chi connectivity index (χ1) is 15.3. The van der Waals surface area contributed by atoms with Crippen LogP contribution in [0.15, 0.2) is 47.4 Å². The van der Waals surface area contributed by atoms with E-state index in [-0.39, 0.29) is 16.3 Å². The third-order valence-corrected chi connectivity index (χ3v) is 8.63. The SMILES string of the molecule is CCc1ccc(-c2nc(C)c(C(=O)Nc3cc(S(=O)(=O)N4CCCC4)ccc3O)s2)cc1. The minimum atomic E-state index is -3.66. The molecule has 0 unspecified atom stereocenters. The third kappa shape index (κ3) is 4.41. The van der Waals surface area contributed by atoms with Crippen LogP contribution in [-0.2, 0) is 16.4 Å². The average molecular weight is 472 g/mol. The summed E-state index contributed by atoms with van der Waals surface area (Å²) >= 11 is 1.26. The number of rotatable bonds is 6. The largest absolute Gasteiger partial charge is 0.506 e. The zero-order valence-electron chi connectivity index (χ0n) is 18.0. The quantitative estimate of drug-likeness (QED) is 0.519. The van der Waals surface area contributed by atoms with Crippen molar-refractivity contribution >= 4 is 33.0 Å². The molecule has 3 aromatic rings. The lowest BCUT2D eigenvalue weighted by molar-refractivity contribution is 0.102. The smallest absolute Gasteiger partial charge is 0.267 e. The summed E-state index contributed by atoms with van der Waals surface area (Å²) in [5.74, 6) is -0.640. The zero-order valence-corrected chi connectivity index (χ0v) is 19.6. The van der Waals surface area contributed by atoms with Crippen LogP contribution in [0.1, 0.15) is 40.7 Å². The average Bonchev–Trinajstić information content (AvgIpc) is 3.46. The molecule has 1 aliphatic heterocycles. The number of benzene rings is 2. The normalized spacial score (nSPS) is 14.6. The number of aromatic hydroxyl groups is 1. The van der Waals surface area contributed by atoms with E-state index in [4.69, 9.17) is 0 Å². The predicted octanol–water partition coefficient (Wildman–Crippen LogP) is 4.42. The summed E-state index contributed by atoms with van der Waals surface area (Å²) in [4.78, 5) is 17.9. The first kappa shape index (κ1) is 22.4. The highest BCUT2D eigenvalue weighted by molar-refractivity contribution is 7.89. The molecule has 2 N–H and O–H groups in total. The Morgan fingerprint density at radius 3 is 2.50 bits per heavy atom. The number of hydrogen-bond acceptors (Lipinski definition) is 6. The van der Waals surface area contributed by atoms with E-state index in [0.717, 1.165) is 29.8 Å². The van der Waals surface area contributed by atoms with Gasteiger partial charge in [0.15, 0.2) is 0 Å². The number of carbonyl (C=O) groups is 1. The van der Waals surface area contributed by atoms with Crippen LogP contribution < -0.4 is 5.32 Å². The van der Waals surface area contributed by atoms with Crippen LogP contribution in [0.5, 0.6) is 5.75 Å². The molecule has 1 saturated heterocycles. The van der Waals surface area contributed by atoms with E-state index in [1.165, 1.54) is 39.4 Å². The van der Waals surface area contributed by atoms with Gasteiger partial charge in [-0.05, 0) is 49.9 Å².